The van der Waals surface area contributed by atoms with Gasteiger partial charge in [-0.25, -0.2) is 0 Å². The molecule has 0 aliphatic rings. The van der Waals surface area contributed by atoms with Crippen LogP contribution < -0.4 is 21.2 Å². The second kappa shape index (κ2) is 11.0. The van der Waals surface area contributed by atoms with Gasteiger partial charge in [0.15, 0.2) is 0 Å². The van der Waals surface area contributed by atoms with Crippen LogP contribution in [0.4, 0.5) is 0 Å². The molecule has 0 N–H and O–H groups in total. The summed E-state index contributed by atoms with van der Waals surface area (Å²) >= 11 is 0. The van der Waals surface area contributed by atoms with E-state index in [-0.39, 0.29) is 21.1 Å². The minimum Gasteiger partial charge on any atom is -0.0622 e. The molecule has 0 fully saturated rings. The van der Waals surface area contributed by atoms with Crippen molar-refractivity contribution in [2.24, 2.45) is 0 Å². The summed E-state index contributed by atoms with van der Waals surface area (Å²) in [6.07, 6.45) is 0. The fourth-order valence-electron chi connectivity index (χ4n) is 3.63. The van der Waals surface area contributed by atoms with E-state index in [0.29, 0.717) is 5.40 Å². The van der Waals surface area contributed by atoms with Crippen molar-refractivity contribution < 1.29 is 21.1 Å². The molecule has 148 valence electrons. The average molecular weight is 594 g/mol. The summed E-state index contributed by atoms with van der Waals surface area (Å²) in [5, 5.41) is 6.34. The maximum Gasteiger partial charge on any atom is 0.0126 e. The molecule has 0 aromatic heterocycles. The van der Waals surface area contributed by atoms with Crippen molar-refractivity contribution in [2.75, 3.05) is 0 Å². The number of hydrogen-bond acceptors (Lipinski definition) is 0. The van der Waals surface area contributed by atoms with Gasteiger partial charge in [-0.15, -0.1) is 0 Å². The van der Waals surface area contributed by atoms with Gasteiger partial charge in [0.1, 0.15) is 0 Å². The molecule has 0 aliphatic heterocycles. The van der Waals surface area contributed by atoms with Gasteiger partial charge in [-0.3, -0.25) is 0 Å². The van der Waals surface area contributed by atoms with Crippen molar-refractivity contribution in [3.63, 3.8) is 0 Å². The van der Waals surface area contributed by atoms with Crippen LogP contribution in [0.5, 0.6) is 0 Å². The SMILES string of the molecule is CC(P(c1ccccc1)c1ccccc1)P(c1ccccc1)c1ccccc1.[Pt]. The van der Waals surface area contributed by atoms with E-state index in [1.807, 2.05) is 0 Å². The molecule has 4 aromatic carbocycles. The van der Waals surface area contributed by atoms with Crippen molar-refractivity contribution in [3.05, 3.63) is 121 Å². The molecule has 0 radical (unpaired) electrons. The Labute approximate surface area is 191 Å². The van der Waals surface area contributed by atoms with Crippen LogP contribution in [0.3, 0.4) is 0 Å². The zero-order valence-corrected chi connectivity index (χ0v) is 20.4. The molecule has 4 aromatic rings. The molecule has 0 unspecified atom stereocenters. The van der Waals surface area contributed by atoms with Gasteiger partial charge >= 0.3 is 0 Å². The van der Waals surface area contributed by atoms with Gasteiger partial charge in [0.25, 0.3) is 0 Å². The van der Waals surface area contributed by atoms with E-state index in [0.717, 1.165) is 0 Å². The summed E-state index contributed by atoms with van der Waals surface area (Å²) in [5.41, 5.74) is 0. The first-order chi connectivity index (χ1) is 13.8. The zero-order chi connectivity index (χ0) is 19.2. The molecule has 0 aliphatic carbocycles. The van der Waals surface area contributed by atoms with E-state index in [9.17, 15) is 0 Å². The third-order valence-electron chi connectivity index (χ3n) is 4.88. The second-order valence-corrected chi connectivity index (χ2v) is 12.2. The quantitative estimate of drug-likeness (QED) is 0.256. The molecule has 0 nitrogen and oxygen atoms in total. The summed E-state index contributed by atoms with van der Waals surface area (Å²) in [7, 11) is -0.940. The van der Waals surface area contributed by atoms with Crippen molar-refractivity contribution in [1.29, 1.82) is 0 Å². The number of rotatable bonds is 6. The van der Waals surface area contributed by atoms with Gasteiger partial charge in [0.2, 0.25) is 0 Å². The Morgan fingerprint density at radius 3 is 0.828 bits per heavy atom. The van der Waals surface area contributed by atoms with Gasteiger partial charge in [0.05, 0.1) is 0 Å². The fourth-order valence-corrected chi connectivity index (χ4v) is 10.5. The number of hydrogen-bond donors (Lipinski definition) is 0. The number of benzene rings is 4. The van der Waals surface area contributed by atoms with Crippen LogP contribution in [-0.2, 0) is 21.1 Å². The Hall–Kier alpha value is -1.57. The predicted octanol–water partition coefficient (Wildman–Crippen LogP) is 5.60. The fraction of sp³-hybridized carbons (Fsp3) is 0.0769. The normalized spacial score (nSPS) is 10.9. The van der Waals surface area contributed by atoms with E-state index in [4.69, 9.17) is 0 Å². The molecule has 0 amide bonds. The van der Waals surface area contributed by atoms with Crippen LogP contribution in [0, 0.1) is 0 Å². The van der Waals surface area contributed by atoms with Crippen LogP contribution in [0.25, 0.3) is 0 Å². The molecule has 0 saturated carbocycles. The molecular formula is C26H24P2Pt. The van der Waals surface area contributed by atoms with Crippen LogP contribution in [-0.4, -0.2) is 5.40 Å². The molecule has 4 rings (SSSR count). The molecule has 3 heteroatoms. The Morgan fingerprint density at radius 1 is 0.414 bits per heavy atom. The van der Waals surface area contributed by atoms with Crippen LogP contribution >= 0.6 is 15.8 Å². The van der Waals surface area contributed by atoms with E-state index < -0.39 is 15.8 Å². The molecule has 0 atom stereocenters. The van der Waals surface area contributed by atoms with Gasteiger partial charge in [0, 0.05) is 26.5 Å². The predicted molar refractivity (Wildman–Crippen MR) is 128 cm³/mol. The summed E-state index contributed by atoms with van der Waals surface area (Å²) in [4.78, 5) is 0. The Morgan fingerprint density at radius 2 is 0.621 bits per heavy atom. The van der Waals surface area contributed by atoms with Crippen molar-refractivity contribution in [3.8, 4) is 0 Å². The average Bonchev–Trinajstić information content (AvgIpc) is 2.77. The minimum absolute atomic E-state index is 0. The largest absolute Gasteiger partial charge is 0.0622 e. The van der Waals surface area contributed by atoms with Crippen LogP contribution in [0.1, 0.15) is 6.92 Å². The zero-order valence-electron chi connectivity index (χ0n) is 16.3. The van der Waals surface area contributed by atoms with Gasteiger partial charge < -0.3 is 0 Å². The second-order valence-electron chi connectivity index (χ2n) is 6.71. The maximum absolute atomic E-state index is 2.46. The molecule has 0 bridgehead atoms. The topological polar surface area (TPSA) is 0 Å². The van der Waals surface area contributed by atoms with Crippen LogP contribution in [0.2, 0.25) is 0 Å². The summed E-state index contributed by atoms with van der Waals surface area (Å²) in [6, 6.07) is 44.3. The van der Waals surface area contributed by atoms with Crippen molar-refractivity contribution in [2.45, 2.75) is 12.3 Å². The van der Waals surface area contributed by atoms with Crippen molar-refractivity contribution >= 4 is 37.1 Å². The van der Waals surface area contributed by atoms with E-state index in [1.54, 1.807) is 0 Å². The first-order valence-corrected chi connectivity index (χ1v) is 12.5. The maximum atomic E-state index is 2.46. The Bertz CT molecular complexity index is 814. The third-order valence-corrected chi connectivity index (χ3v) is 11.2. The summed E-state index contributed by atoms with van der Waals surface area (Å²) in [5.74, 6) is 0. The van der Waals surface area contributed by atoms with E-state index >= 15 is 0 Å². The molecule has 29 heavy (non-hydrogen) atoms. The smallest absolute Gasteiger partial charge is 0.0126 e. The summed E-state index contributed by atoms with van der Waals surface area (Å²) < 4.78 is 0. The Kier molecular flexibility index (Phi) is 8.38. The molecule has 0 saturated heterocycles. The van der Waals surface area contributed by atoms with Gasteiger partial charge in [-0.05, 0) is 37.1 Å². The summed E-state index contributed by atoms with van der Waals surface area (Å²) in [6.45, 7) is 2.46. The monoisotopic (exact) mass is 593 g/mol. The molecule has 0 heterocycles. The first kappa shape index (κ1) is 22.1. The standard InChI is InChI=1S/C26H24P2.Pt/c1-22(27(23-14-6-2-7-15-23)24-16-8-3-9-17-24)28(25-18-10-4-11-19-25)26-20-12-5-13-21-26;/h2-22H,1H3;. The van der Waals surface area contributed by atoms with E-state index in [2.05, 4.69) is 128 Å². The van der Waals surface area contributed by atoms with E-state index in [1.165, 1.54) is 21.2 Å². The Balaban J connectivity index is 0.00000240. The van der Waals surface area contributed by atoms with Crippen molar-refractivity contribution in [1.82, 2.24) is 0 Å². The molecule has 0 spiro atoms. The van der Waals surface area contributed by atoms with Gasteiger partial charge in [-0.1, -0.05) is 128 Å². The minimum atomic E-state index is -0.470. The third kappa shape index (κ3) is 5.32. The van der Waals surface area contributed by atoms with Crippen LogP contribution in [0.15, 0.2) is 121 Å². The first-order valence-electron chi connectivity index (χ1n) is 9.63. The molecular weight excluding hydrogens is 569 g/mol. The van der Waals surface area contributed by atoms with Gasteiger partial charge in [-0.2, -0.15) is 0 Å².